The molecule has 2 aromatic heterocycles. The molecule has 36 heavy (non-hydrogen) atoms. The lowest BCUT2D eigenvalue weighted by Crippen LogP contribution is -2.50. The van der Waals surface area contributed by atoms with E-state index in [0.717, 1.165) is 43.3 Å². The van der Waals surface area contributed by atoms with Gasteiger partial charge in [0.15, 0.2) is 5.82 Å². The average Bonchev–Trinajstić information content (AvgIpc) is 2.84. The van der Waals surface area contributed by atoms with Crippen molar-refractivity contribution in [2.75, 3.05) is 29.9 Å². The summed E-state index contributed by atoms with van der Waals surface area (Å²) in [5.41, 5.74) is 10.6. The van der Waals surface area contributed by atoms with Crippen molar-refractivity contribution in [3.05, 3.63) is 60.3 Å². The first-order chi connectivity index (χ1) is 17.0. The molecule has 1 aliphatic heterocycles. The Bertz CT molecular complexity index is 1150. The lowest BCUT2D eigenvalue weighted by atomic mass is 9.86. The molecule has 0 bridgehead atoms. The highest BCUT2D eigenvalue weighted by atomic mass is 19.4. The summed E-state index contributed by atoms with van der Waals surface area (Å²) in [7, 11) is 0. The third kappa shape index (κ3) is 6.87. The Morgan fingerprint density at radius 1 is 1.25 bits per heavy atom. The number of amides is 1. The van der Waals surface area contributed by atoms with E-state index >= 15 is 0 Å². The van der Waals surface area contributed by atoms with Gasteiger partial charge in [-0.15, -0.1) is 0 Å². The molecule has 3 rings (SSSR count). The fourth-order valence-electron chi connectivity index (χ4n) is 3.78. The first-order valence-electron chi connectivity index (χ1n) is 11.4. The normalized spacial score (nSPS) is 16.2. The van der Waals surface area contributed by atoms with Gasteiger partial charge in [-0.05, 0) is 43.5 Å². The molecule has 1 saturated heterocycles. The SMILES string of the molecule is C=C(N)/N=C\C(=N/CC(=O)Nc1ncccc1N1CCC(N)(CC)CC1)c1ncccc1C(F)(F)F. The molecule has 3 heterocycles. The number of rotatable bonds is 8. The molecule has 0 atom stereocenters. The summed E-state index contributed by atoms with van der Waals surface area (Å²) < 4.78 is 40.5. The number of aliphatic imine (C=N–C) groups is 2. The highest BCUT2D eigenvalue weighted by molar-refractivity contribution is 6.38. The molecule has 1 amide bonds. The number of hydrogen-bond donors (Lipinski definition) is 3. The van der Waals surface area contributed by atoms with E-state index in [4.69, 9.17) is 11.5 Å². The second kappa shape index (κ2) is 11.3. The average molecular weight is 503 g/mol. The molecular formula is C24H29F3N8O. The van der Waals surface area contributed by atoms with Crippen LogP contribution in [0, 0.1) is 0 Å². The molecule has 9 nitrogen and oxygen atoms in total. The van der Waals surface area contributed by atoms with Gasteiger partial charge in [-0.2, -0.15) is 13.2 Å². The van der Waals surface area contributed by atoms with Crippen LogP contribution in [0.2, 0.25) is 0 Å². The van der Waals surface area contributed by atoms with Crippen LogP contribution in [0.5, 0.6) is 0 Å². The number of carbonyl (C=O) groups is 1. The lowest BCUT2D eigenvalue weighted by molar-refractivity contribution is -0.137. The maximum atomic E-state index is 13.5. The van der Waals surface area contributed by atoms with E-state index in [1.807, 2.05) is 6.07 Å². The zero-order valence-corrected chi connectivity index (χ0v) is 19.9. The van der Waals surface area contributed by atoms with Crippen LogP contribution >= 0.6 is 0 Å². The highest BCUT2D eigenvalue weighted by Crippen LogP contribution is 2.32. The van der Waals surface area contributed by atoms with E-state index in [1.54, 1.807) is 12.3 Å². The number of pyridine rings is 2. The molecule has 1 aliphatic rings. The van der Waals surface area contributed by atoms with Gasteiger partial charge in [0, 0.05) is 31.0 Å². The van der Waals surface area contributed by atoms with Gasteiger partial charge < -0.3 is 21.7 Å². The van der Waals surface area contributed by atoms with Crippen molar-refractivity contribution >= 4 is 29.3 Å². The van der Waals surface area contributed by atoms with Crippen LogP contribution < -0.4 is 21.7 Å². The minimum atomic E-state index is -4.68. The van der Waals surface area contributed by atoms with Crippen molar-refractivity contribution in [1.82, 2.24) is 9.97 Å². The Morgan fingerprint density at radius 2 is 1.92 bits per heavy atom. The van der Waals surface area contributed by atoms with Gasteiger partial charge in [-0.1, -0.05) is 13.5 Å². The number of nitrogens with two attached hydrogens (primary N) is 2. The van der Waals surface area contributed by atoms with Gasteiger partial charge in [0.05, 0.1) is 17.5 Å². The molecule has 0 aromatic carbocycles. The Kier molecular flexibility index (Phi) is 8.41. The third-order valence-corrected chi connectivity index (χ3v) is 5.95. The molecular weight excluding hydrogens is 473 g/mol. The van der Waals surface area contributed by atoms with Gasteiger partial charge in [0.2, 0.25) is 5.91 Å². The number of nitrogens with zero attached hydrogens (tertiary/aromatic N) is 5. The van der Waals surface area contributed by atoms with E-state index in [2.05, 4.69) is 43.7 Å². The van der Waals surface area contributed by atoms with Gasteiger partial charge in [0.1, 0.15) is 23.8 Å². The summed E-state index contributed by atoms with van der Waals surface area (Å²) in [6, 6.07) is 5.64. The van der Waals surface area contributed by atoms with E-state index < -0.39 is 29.9 Å². The maximum Gasteiger partial charge on any atom is 0.418 e. The second-order valence-electron chi connectivity index (χ2n) is 8.47. The first-order valence-corrected chi connectivity index (χ1v) is 11.4. The maximum absolute atomic E-state index is 13.5. The Labute approximate surface area is 207 Å². The molecule has 12 heteroatoms. The van der Waals surface area contributed by atoms with E-state index in [9.17, 15) is 18.0 Å². The summed E-state index contributed by atoms with van der Waals surface area (Å²) in [5, 5.41) is 2.70. The van der Waals surface area contributed by atoms with Crippen LogP contribution in [0.25, 0.3) is 0 Å². The van der Waals surface area contributed by atoms with E-state index in [0.29, 0.717) is 18.9 Å². The number of carbonyl (C=O) groups excluding carboxylic acids is 1. The first kappa shape index (κ1) is 26.8. The third-order valence-electron chi connectivity index (χ3n) is 5.95. The molecule has 192 valence electrons. The van der Waals surface area contributed by atoms with Crippen molar-refractivity contribution < 1.29 is 18.0 Å². The van der Waals surface area contributed by atoms with Crippen molar-refractivity contribution in [1.29, 1.82) is 0 Å². The smallest absolute Gasteiger partial charge is 0.384 e. The largest absolute Gasteiger partial charge is 0.418 e. The number of nitrogens with one attached hydrogen (secondary N) is 1. The van der Waals surface area contributed by atoms with Crippen LogP contribution in [0.4, 0.5) is 24.7 Å². The number of hydrogen-bond acceptors (Lipinski definition) is 8. The number of anilines is 2. The topological polar surface area (TPSA) is 135 Å². The van der Waals surface area contributed by atoms with Crippen LogP contribution in [0.1, 0.15) is 37.4 Å². The number of alkyl halides is 3. The number of halogens is 3. The summed E-state index contributed by atoms with van der Waals surface area (Å²) in [6.45, 7) is 6.38. The van der Waals surface area contributed by atoms with E-state index in [-0.39, 0.29) is 17.1 Å². The summed E-state index contributed by atoms with van der Waals surface area (Å²) >= 11 is 0. The van der Waals surface area contributed by atoms with Crippen LogP contribution in [0.3, 0.4) is 0 Å². The van der Waals surface area contributed by atoms with Gasteiger partial charge in [-0.25, -0.2) is 9.98 Å². The van der Waals surface area contributed by atoms with Crippen molar-refractivity contribution in [2.45, 2.75) is 37.9 Å². The highest BCUT2D eigenvalue weighted by Gasteiger charge is 2.35. The van der Waals surface area contributed by atoms with Crippen molar-refractivity contribution in [3.63, 3.8) is 0 Å². The molecule has 0 aliphatic carbocycles. The predicted octanol–water partition coefficient (Wildman–Crippen LogP) is 3.13. The lowest BCUT2D eigenvalue weighted by Gasteiger charge is -2.40. The quantitative estimate of drug-likeness (QED) is 0.475. The van der Waals surface area contributed by atoms with Crippen LogP contribution in [-0.2, 0) is 11.0 Å². The molecule has 0 radical (unpaired) electrons. The second-order valence-corrected chi connectivity index (χ2v) is 8.47. The Morgan fingerprint density at radius 3 is 2.56 bits per heavy atom. The fraction of sp³-hybridized carbons (Fsp3) is 0.375. The summed E-state index contributed by atoms with van der Waals surface area (Å²) in [5.74, 6) is -0.380. The van der Waals surface area contributed by atoms with E-state index in [1.165, 1.54) is 6.20 Å². The number of aromatic nitrogens is 2. The molecule has 2 aromatic rings. The standard InChI is InChI=1S/C24H29F3N8O/c1-3-23(29)8-12-35(13-9-23)19-7-5-11-31-22(19)34-20(36)15-33-18(14-32-16(2)28)21-17(24(25,26)27)6-4-10-30-21/h4-7,10-11,14H,2-3,8-9,12-13,15,28-29H2,1H3,(H,31,34,36)/b32-14-,33-18+. The predicted molar refractivity (Wildman–Crippen MR) is 134 cm³/mol. The van der Waals surface area contributed by atoms with Crippen LogP contribution in [-0.4, -0.2) is 53.0 Å². The molecule has 5 N–H and O–H groups in total. The Balaban J connectivity index is 1.81. The molecule has 0 unspecified atom stereocenters. The van der Waals surface area contributed by atoms with Gasteiger partial charge in [0.25, 0.3) is 0 Å². The monoisotopic (exact) mass is 502 g/mol. The molecule has 0 saturated carbocycles. The van der Waals surface area contributed by atoms with Crippen molar-refractivity contribution in [3.8, 4) is 0 Å². The minimum absolute atomic E-state index is 0.138. The Hall–Kier alpha value is -3.80. The van der Waals surface area contributed by atoms with Gasteiger partial charge in [-0.3, -0.25) is 14.8 Å². The fourth-order valence-corrected chi connectivity index (χ4v) is 3.78. The number of piperidine rings is 1. The minimum Gasteiger partial charge on any atom is -0.384 e. The van der Waals surface area contributed by atoms with Crippen LogP contribution in [0.15, 0.2) is 59.0 Å². The molecule has 1 fully saturated rings. The van der Waals surface area contributed by atoms with Gasteiger partial charge >= 0.3 is 6.18 Å². The zero-order chi connectivity index (χ0) is 26.3. The van der Waals surface area contributed by atoms with Crippen molar-refractivity contribution in [2.24, 2.45) is 21.5 Å². The molecule has 0 spiro atoms. The summed E-state index contributed by atoms with van der Waals surface area (Å²) in [6.07, 6.45) is 1.54. The zero-order valence-electron chi connectivity index (χ0n) is 19.9. The summed E-state index contributed by atoms with van der Waals surface area (Å²) in [4.78, 5) is 30.7.